The number of rotatable bonds is 4. The van der Waals surface area contributed by atoms with Crippen molar-refractivity contribution in [3.05, 3.63) is 34.0 Å². The Morgan fingerprint density at radius 3 is 2.83 bits per heavy atom. The number of aromatic nitrogens is 2. The molecule has 0 spiro atoms. The lowest BCUT2D eigenvalue weighted by Gasteiger charge is -2.16. The van der Waals surface area contributed by atoms with Gasteiger partial charge in [-0.1, -0.05) is 0 Å². The van der Waals surface area contributed by atoms with E-state index in [1.807, 2.05) is 0 Å². The largest absolute Gasteiger partial charge is 0.389 e. The summed E-state index contributed by atoms with van der Waals surface area (Å²) in [6.07, 6.45) is -1.12. The van der Waals surface area contributed by atoms with Crippen LogP contribution in [0.3, 0.4) is 0 Å². The molecule has 5 N–H and O–H groups in total. The zero-order valence-electron chi connectivity index (χ0n) is 9.28. The standard InChI is InChI=1S/C10H12N4O4/c11-3-9(15)10(16)5-1-7-6(4-12-13-7)8(2-5)14(17)18/h1-2,4,9-10,15-16H,3,11H2,(H,12,13). The number of hydrogen-bond acceptors (Lipinski definition) is 6. The Hall–Kier alpha value is -2.03. The summed E-state index contributed by atoms with van der Waals surface area (Å²) in [5.74, 6) is 0. The second-order valence-electron chi connectivity index (χ2n) is 3.88. The minimum Gasteiger partial charge on any atom is -0.389 e. The highest BCUT2D eigenvalue weighted by atomic mass is 16.6. The molecule has 2 rings (SSSR count). The van der Waals surface area contributed by atoms with Gasteiger partial charge in [-0.2, -0.15) is 5.10 Å². The van der Waals surface area contributed by atoms with E-state index in [2.05, 4.69) is 10.2 Å². The van der Waals surface area contributed by atoms with Gasteiger partial charge in [0.15, 0.2) is 0 Å². The molecule has 1 aromatic heterocycles. The Morgan fingerprint density at radius 1 is 1.50 bits per heavy atom. The fraction of sp³-hybridized carbons (Fsp3) is 0.300. The van der Waals surface area contributed by atoms with E-state index in [9.17, 15) is 20.3 Å². The average molecular weight is 252 g/mol. The lowest BCUT2D eigenvalue weighted by molar-refractivity contribution is -0.383. The minimum atomic E-state index is -1.28. The van der Waals surface area contributed by atoms with Crippen molar-refractivity contribution in [2.45, 2.75) is 12.2 Å². The number of aliphatic hydroxyl groups excluding tert-OH is 2. The van der Waals surface area contributed by atoms with Crippen LogP contribution in [-0.4, -0.2) is 38.0 Å². The number of non-ortho nitro benzene ring substituents is 1. The number of nitrogens with one attached hydrogen (secondary N) is 1. The van der Waals surface area contributed by atoms with Crippen molar-refractivity contribution in [2.75, 3.05) is 6.54 Å². The van der Waals surface area contributed by atoms with Gasteiger partial charge in [0, 0.05) is 12.6 Å². The average Bonchev–Trinajstić information content (AvgIpc) is 2.83. The molecule has 0 fully saturated rings. The van der Waals surface area contributed by atoms with Crippen molar-refractivity contribution in [1.82, 2.24) is 10.2 Å². The first kappa shape index (κ1) is 12.4. The van der Waals surface area contributed by atoms with Crippen LogP contribution in [-0.2, 0) is 0 Å². The van der Waals surface area contributed by atoms with E-state index in [0.717, 1.165) is 0 Å². The van der Waals surface area contributed by atoms with Crippen LogP contribution in [0.1, 0.15) is 11.7 Å². The quantitative estimate of drug-likeness (QED) is 0.440. The van der Waals surface area contributed by atoms with Gasteiger partial charge >= 0.3 is 0 Å². The monoisotopic (exact) mass is 252 g/mol. The summed E-state index contributed by atoms with van der Waals surface area (Å²) in [6.45, 7) is -0.143. The molecule has 2 unspecified atom stereocenters. The number of benzene rings is 1. The summed E-state index contributed by atoms with van der Waals surface area (Å²) < 4.78 is 0. The summed E-state index contributed by atoms with van der Waals surface area (Å²) in [5, 5.41) is 36.8. The molecule has 0 saturated heterocycles. The van der Waals surface area contributed by atoms with Crippen molar-refractivity contribution in [2.24, 2.45) is 5.73 Å². The highest BCUT2D eigenvalue weighted by Crippen LogP contribution is 2.29. The van der Waals surface area contributed by atoms with Crippen molar-refractivity contribution in [3.8, 4) is 0 Å². The Labute approximate surface area is 101 Å². The molecule has 2 atom stereocenters. The molecule has 0 amide bonds. The fourth-order valence-corrected chi connectivity index (χ4v) is 1.73. The van der Waals surface area contributed by atoms with Crippen molar-refractivity contribution < 1.29 is 15.1 Å². The Balaban J connectivity index is 2.55. The zero-order valence-corrected chi connectivity index (χ0v) is 9.28. The molecule has 18 heavy (non-hydrogen) atoms. The summed E-state index contributed by atoms with van der Waals surface area (Å²) >= 11 is 0. The third-order valence-corrected chi connectivity index (χ3v) is 2.70. The van der Waals surface area contributed by atoms with Crippen LogP contribution < -0.4 is 5.73 Å². The zero-order chi connectivity index (χ0) is 13.3. The van der Waals surface area contributed by atoms with E-state index in [4.69, 9.17) is 5.73 Å². The lowest BCUT2D eigenvalue weighted by atomic mass is 10.0. The van der Waals surface area contributed by atoms with Crippen molar-refractivity contribution >= 4 is 16.6 Å². The van der Waals surface area contributed by atoms with E-state index in [1.54, 1.807) is 0 Å². The maximum atomic E-state index is 10.9. The first-order valence-electron chi connectivity index (χ1n) is 5.22. The number of aliphatic hydroxyl groups is 2. The van der Waals surface area contributed by atoms with Crippen molar-refractivity contribution in [3.63, 3.8) is 0 Å². The third kappa shape index (κ3) is 2.04. The smallest absolute Gasteiger partial charge is 0.280 e. The van der Waals surface area contributed by atoms with Crippen LogP contribution in [0.4, 0.5) is 5.69 Å². The second kappa shape index (κ2) is 4.69. The Bertz CT molecular complexity index is 582. The van der Waals surface area contributed by atoms with Gasteiger partial charge in [0.25, 0.3) is 5.69 Å². The topological polar surface area (TPSA) is 138 Å². The highest BCUT2D eigenvalue weighted by Gasteiger charge is 2.22. The van der Waals surface area contributed by atoms with Crippen molar-refractivity contribution in [1.29, 1.82) is 0 Å². The number of aromatic amines is 1. The summed E-state index contributed by atoms with van der Waals surface area (Å²) in [6, 6.07) is 2.71. The summed E-state index contributed by atoms with van der Waals surface area (Å²) in [7, 11) is 0. The fourth-order valence-electron chi connectivity index (χ4n) is 1.73. The number of fused-ring (bicyclic) bond motifs is 1. The number of H-pyrrole nitrogens is 1. The third-order valence-electron chi connectivity index (χ3n) is 2.70. The van der Waals surface area contributed by atoms with Gasteiger partial charge in [0.05, 0.1) is 28.1 Å². The molecule has 0 saturated carbocycles. The molecular formula is C10H12N4O4. The summed E-state index contributed by atoms with van der Waals surface area (Å²) in [5.41, 5.74) is 5.69. The molecule has 1 heterocycles. The molecule has 0 bridgehead atoms. The van der Waals surface area contributed by atoms with Gasteiger partial charge in [-0.05, 0) is 11.6 Å². The highest BCUT2D eigenvalue weighted by molar-refractivity contribution is 5.88. The first-order chi connectivity index (χ1) is 8.54. The van der Waals surface area contributed by atoms with E-state index >= 15 is 0 Å². The molecule has 0 aliphatic heterocycles. The Kier molecular flexibility index (Phi) is 3.24. The number of nitro groups is 1. The molecule has 0 radical (unpaired) electrons. The normalized spacial score (nSPS) is 14.6. The predicted octanol–water partition coefficient (Wildman–Crippen LogP) is -0.176. The Morgan fingerprint density at radius 2 is 2.22 bits per heavy atom. The van der Waals surface area contributed by atoms with Crippen LogP contribution in [0.25, 0.3) is 10.9 Å². The molecule has 8 nitrogen and oxygen atoms in total. The molecule has 2 aromatic rings. The van der Waals surface area contributed by atoms with Crippen LogP contribution in [0.2, 0.25) is 0 Å². The van der Waals surface area contributed by atoms with Crippen LogP contribution in [0, 0.1) is 10.1 Å². The number of nitrogens with two attached hydrogens (primary N) is 1. The van der Waals surface area contributed by atoms with E-state index in [-0.39, 0.29) is 17.8 Å². The van der Waals surface area contributed by atoms with Gasteiger partial charge in [0.2, 0.25) is 0 Å². The van der Waals surface area contributed by atoms with E-state index < -0.39 is 17.1 Å². The number of nitro benzene ring substituents is 1. The minimum absolute atomic E-state index is 0.143. The first-order valence-corrected chi connectivity index (χ1v) is 5.22. The molecule has 0 aliphatic rings. The van der Waals surface area contributed by atoms with Crippen LogP contribution in [0.15, 0.2) is 18.3 Å². The second-order valence-corrected chi connectivity index (χ2v) is 3.88. The lowest BCUT2D eigenvalue weighted by Crippen LogP contribution is -2.27. The summed E-state index contributed by atoms with van der Waals surface area (Å²) in [4.78, 5) is 10.4. The van der Waals surface area contributed by atoms with E-state index in [1.165, 1.54) is 18.3 Å². The predicted molar refractivity (Wildman–Crippen MR) is 62.8 cm³/mol. The van der Waals surface area contributed by atoms with Gasteiger partial charge < -0.3 is 15.9 Å². The maximum Gasteiger partial charge on any atom is 0.280 e. The van der Waals surface area contributed by atoms with Gasteiger partial charge in [-0.15, -0.1) is 0 Å². The van der Waals surface area contributed by atoms with Crippen LogP contribution >= 0.6 is 0 Å². The van der Waals surface area contributed by atoms with E-state index in [0.29, 0.717) is 10.9 Å². The molecule has 0 aliphatic carbocycles. The van der Waals surface area contributed by atoms with Gasteiger partial charge in [0.1, 0.15) is 6.10 Å². The van der Waals surface area contributed by atoms with Gasteiger partial charge in [-0.3, -0.25) is 15.2 Å². The van der Waals surface area contributed by atoms with Gasteiger partial charge in [-0.25, -0.2) is 0 Å². The molecule has 1 aromatic carbocycles. The number of hydrogen-bond donors (Lipinski definition) is 4. The molecule has 96 valence electrons. The SMILES string of the molecule is NCC(O)C(O)c1cc([N+](=O)[O-])c2cn[nH]c2c1. The molecule has 8 heteroatoms. The van der Waals surface area contributed by atoms with Crippen LogP contribution in [0.5, 0.6) is 0 Å². The molecular weight excluding hydrogens is 240 g/mol. The maximum absolute atomic E-state index is 10.9. The number of nitrogens with zero attached hydrogens (tertiary/aromatic N) is 2.